The Morgan fingerprint density at radius 1 is 1.38 bits per heavy atom. The number of hydrogen-bond acceptors (Lipinski definition) is 3. The third kappa shape index (κ3) is 3.43. The Morgan fingerprint density at radius 2 is 2.06 bits per heavy atom. The molecule has 0 amide bonds. The van der Waals surface area contributed by atoms with E-state index < -0.39 is 10.0 Å². The second-order valence-electron chi connectivity index (χ2n) is 5.08. The van der Waals surface area contributed by atoms with Crippen molar-refractivity contribution in [1.29, 1.82) is 0 Å². The Labute approximate surface area is 99.5 Å². The van der Waals surface area contributed by atoms with Crippen LogP contribution >= 0.6 is 0 Å². The summed E-state index contributed by atoms with van der Waals surface area (Å²) in [6.07, 6.45) is 2.57. The zero-order valence-electron chi connectivity index (χ0n) is 10.6. The molecule has 0 saturated carbocycles. The van der Waals surface area contributed by atoms with Gasteiger partial charge in [-0.2, -0.15) is 4.31 Å². The molecule has 0 atom stereocenters. The Kier molecular flexibility index (Phi) is 4.76. The van der Waals surface area contributed by atoms with Gasteiger partial charge in [-0.3, -0.25) is 0 Å². The minimum absolute atomic E-state index is 0.285. The van der Waals surface area contributed by atoms with Crippen LogP contribution in [0.25, 0.3) is 0 Å². The SMILES string of the molecule is CCCCS(=O)(=O)N1CCCNCC1(C)C. The number of hydrogen-bond donors (Lipinski definition) is 1. The van der Waals surface area contributed by atoms with Crippen molar-refractivity contribution in [3.8, 4) is 0 Å². The van der Waals surface area contributed by atoms with Crippen molar-refractivity contribution in [2.24, 2.45) is 0 Å². The highest BCUT2D eigenvalue weighted by Gasteiger charge is 2.36. The van der Waals surface area contributed by atoms with Crippen molar-refractivity contribution in [1.82, 2.24) is 9.62 Å². The van der Waals surface area contributed by atoms with Gasteiger partial charge in [-0.1, -0.05) is 13.3 Å². The summed E-state index contributed by atoms with van der Waals surface area (Å²) in [7, 11) is -3.08. The van der Waals surface area contributed by atoms with Crippen LogP contribution in [0.5, 0.6) is 0 Å². The van der Waals surface area contributed by atoms with Gasteiger partial charge in [-0.25, -0.2) is 8.42 Å². The third-order valence-electron chi connectivity index (χ3n) is 3.04. The van der Waals surface area contributed by atoms with Crippen LogP contribution in [0.3, 0.4) is 0 Å². The Balaban J connectivity index is 2.81. The molecular weight excluding hydrogens is 224 g/mol. The molecule has 0 aliphatic carbocycles. The second kappa shape index (κ2) is 5.47. The maximum absolute atomic E-state index is 12.2. The molecular formula is C11H24N2O2S. The van der Waals surface area contributed by atoms with Gasteiger partial charge >= 0.3 is 0 Å². The van der Waals surface area contributed by atoms with Crippen molar-refractivity contribution in [2.45, 2.75) is 45.6 Å². The first kappa shape index (κ1) is 13.9. The van der Waals surface area contributed by atoms with Gasteiger partial charge in [0.25, 0.3) is 0 Å². The monoisotopic (exact) mass is 248 g/mol. The van der Waals surface area contributed by atoms with Crippen molar-refractivity contribution in [3.63, 3.8) is 0 Å². The maximum atomic E-state index is 12.2. The van der Waals surface area contributed by atoms with Crippen LogP contribution in [0.1, 0.15) is 40.0 Å². The number of sulfonamides is 1. The topological polar surface area (TPSA) is 49.4 Å². The van der Waals surface area contributed by atoms with Crippen LogP contribution in [0.15, 0.2) is 0 Å². The minimum atomic E-state index is -3.08. The molecule has 1 heterocycles. The standard InChI is InChI=1S/C11H24N2O2S/c1-4-5-9-16(14,15)13-8-6-7-12-10-11(13,2)3/h12H,4-10H2,1-3H3. The number of nitrogens with one attached hydrogen (secondary N) is 1. The lowest BCUT2D eigenvalue weighted by molar-refractivity contribution is 0.242. The van der Waals surface area contributed by atoms with Gasteiger partial charge in [0.05, 0.1) is 5.75 Å². The van der Waals surface area contributed by atoms with Gasteiger partial charge in [0.1, 0.15) is 0 Å². The summed E-state index contributed by atoms with van der Waals surface area (Å²) in [5.41, 5.74) is -0.303. The first-order valence-electron chi connectivity index (χ1n) is 6.11. The fourth-order valence-electron chi connectivity index (χ4n) is 2.09. The van der Waals surface area contributed by atoms with Crippen molar-refractivity contribution >= 4 is 10.0 Å². The summed E-state index contributed by atoms with van der Waals surface area (Å²) in [6, 6.07) is 0. The van der Waals surface area contributed by atoms with E-state index in [2.05, 4.69) is 5.32 Å². The summed E-state index contributed by atoms with van der Waals surface area (Å²) in [5.74, 6) is 0.285. The lowest BCUT2D eigenvalue weighted by atomic mass is 10.1. The van der Waals surface area contributed by atoms with E-state index in [4.69, 9.17) is 0 Å². The van der Waals surface area contributed by atoms with E-state index in [9.17, 15) is 8.42 Å². The van der Waals surface area contributed by atoms with Gasteiger partial charge in [0.2, 0.25) is 10.0 Å². The molecule has 0 radical (unpaired) electrons. The quantitative estimate of drug-likeness (QED) is 0.813. The van der Waals surface area contributed by atoms with Crippen LogP contribution in [-0.2, 0) is 10.0 Å². The van der Waals surface area contributed by atoms with E-state index in [1.165, 1.54) is 0 Å². The van der Waals surface area contributed by atoms with E-state index in [1.54, 1.807) is 4.31 Å². The second-order valence-corrected chi connectivity index (χ2v) is 7.10. The maximum Gasteiger partial charge on any atom is 0.214 e. The first-order chi connectivity index (χ1) is 7.40. The molecule has 1 saturated heterocycles. The lowest BCUT2D eigenvalue weighted by Crippen LogP contribution is -2.52. The molecule has 16 heavy (non-hydrogen) atoms. The Morgan fingerprint density at radius 3 is 2.69 bits per heavy atom. The number of unbranched alkanes of at least 4 members (excludes halogenated alkanes) is 1. The highest BCUT2D eigenvalue weighted by Crippen LogP contribution is 2.21. The molecule has 0 bridgehead atoms. The molecule has 1 fully saturated rings. The van der Waals surface area contributed by atoms with Crippen molar-refractivity contribution in [3.05, 3.63) is 0 Å². The summed E-state index contributed by atoms with van der Waals surface area (Å²) in [4.78, 5) is 0. The molecule has 1 aliphatic rings. The van der Waals surface area contributed by atoms with Crippen molar-refractivity contribution < 1.29 is 8.42 Å². The third-order valence-corrected chi connectivity index (χ3v) is 5.19. The van der Waals surface area contributed by atoms with Crippen LogP contribution in [-0.4, -0.2) is 43.6 Å². The molecule has 96 valence electrons. The van der Waals surface area contributed by atoms with Crippen LogP contribution in [0, 0.1) is 0 Å². The zero-order chi connectivity index (χ0) is 12.2. The molecule has 1 N–H and O–H groups in total. The van der Waals surface area contributed by atoms with Crippen LogP contribution in [0.2, 0.25) is 0 Å². The van der Waals surface area contributed by atoms with E-state index >= 15 is 0 Å². The average molecular weight is 248 g/mol. The average Bonchev–Trinajstić information content (AvgIpc) is 2.36. The Hall–Kier alpha value is -0.130. The summed E-state index contributed by atoms with van der Waals surface area (Å²) >= 11 is 0. The van der Waals surface area contributed by atoms with E-state index in [0.29, 0.717) is 6.54 Å². The predicted molar refractivity (Wildman–Crippen MR) is 67.0 cm³/mol. The van der Waals surface area contributed by atoms with Gasteiger partial charge in [-0.15, -0.1) is 0 Å². The van der Waals surface area contributed by atoms with E-state index in [1.807, 2.05) is 20.8 Å². The highest BCUT2D eigenvalue weighted by atomic mass is 32.2. The molecule has 0 unspecified atom stereocenters. The molecule has 0 spiro atoms. The fraction of sp³-hybridized carbons (Fsp3) is 1.00. The predicted octanol–water partition coefficient (Wildman–Crippen LogP) is 1.19. The van der Waals surface area contributed by atoms with Gasteiger partial charge < -0.3 is 5.32 Å². The summed E-state index contributed by atoms with van der Waals surface area (Å²) in [6.45, 7) is 8.29. The first-order valence-corrected chi connectivity index (χ1v) is 7.72. The molecule has 5 heteroatoms. The smallest absolute Gasteiger partial charge is 0.214 e. The summed E-state index contributed by atoms with van der Waals surface area (Å²) < 4.78 is 26.1. The number of rotatable bonds is 4. The van der Waals surface area contributed by atoms with Gasteiger partial charge in [0, 0.05) is 18.6 Å². The molecule has 0 aromatic rings. The van der Waals surface area contributed by atoms with Crippen LogP contribution < -0.4 is 5.32 Å². The van der Waals surface area contributed by atoms with Crippen LogP contribution in [0.4, 0.5) is 0 Å². The normalized spacial score (nSPS) is 22.9. The molecule has 1 rings (SSSR count). The largest absolute Gasteiger partial charge is 0.315 e. The molecule has 0 aromatic carbocycles. The molecule has 0 aromatic heterocycles. The lowest BCUT2D eigenvalue weighted by Gasteiger charge is -2.35. The Bertz CT molecular complexity index is 312. The number of nitrogens with zero attached hydrogens (tertiary/aromatic N) is 1. The van der Waals surface area contributed by atoms with Gasteiger partial charge in [0.15, 0.2) is 0 Å². The minimum Gasteiger partial charge on any atom is -0.315 e. The fourth-order valence-corrected chi connectivity index (χ4v) is 4.18. The van der Waals surface area contributed by atoms with Gasteiger partial charge in [-0.05, 0) is 33.2 Å². The summed E-state index contributed by atoms with van der Waals surface area (Å²) in [5, 5.41) is 3.29. The highest BCUT2D eigenvalue weighted by molar-refractivity contribution is 7.89. The van der Waals surface area contributed by atoms with E-state index in [0.717, 1.165) is 32.4 Å². The molecule has 4 nitrogen and oxygen atoms in total. The molecule has 1 aliphatic heterocycles. The zero-order valence-corrected chi connectivity index (χ0v) is 11.4. The van der Waals surface area contributed by atoms with Crippen molar-refractivity contribution in [2.75, 3.05) is 25.4 Å². The van der Waals surface area contributed by atoms with E-state index in [-0.39, 0.29) is 11.3 Å².